The third-order valence-corrected chi connectivity index (χ3v) is 3.65. The highest BCUT2D eigenvalue weighted by Crippen LogP contribution is 2.35. The summed E-state index contributed by atoms with van der Waals surface area (Å²) >= 11 is 0. The van der Waals surface area contributed by atoms with Crippen LogP contribution in [0.2, 0.25) is 0 Å². The van der Waals surface area contributed by atoms with Crippen molar-refractivity contribution in [3.63, 3.8) is 0 Å². The van der Waals surface area contributed by atoms with Gasteiger partial charge in [0, 0.05) is 13.0 Å². The molecular weight excluding hydrogens is 248 g/mol. The minimum absolute atomic E-state index is 0.0500. The van der Waals surface area contributed by atoms with Crippen LogP contribution in [0.4, 0.5) is 0 Å². The van der Waals surface area contributed by atoms with Crippen molar-refractivity contribution in [3.05, 3.63) is 0 Å². The summed E-state index contributed by atoms with van der Waals surface area (Å²) in [4.78, 5) is 23.0. The lowest BCUT2D eigenvalue weighted by Crippen LogP contribution is -2.50. The van der Waals surface area contributed by atoms with Gasteiger partial charge in [0.15, 0.2) is 5.84 Å². The van der Waals surface area contributed by atoms with E-state index >= 15 is 0 Å². The molecule has 0 aliphatic heterocycles. The Morgan fingerprint density at radius 2 is 1.74 bits per heavy atom. The number of primary amides is 1. The van der Waals surface area contributed by atoms with E-state index in [2.05, 4.69) is 10.5 Å². The van der Waals surface area contributed by atoms with E-state index in [9.17, 15) is 9.59 Å². The number of nitrogens with one attached hydrogen (secondary N) is 1. The maximum Gasteiger partial charge on any atom is 0.233 e. The molecule has 108 valence electrons. The number of hydrogen-bond acceptors (Lipinski definition) is 4. The third kappa shape index (κ3) is 3.84. The maximum absolute atomic E-state index is 12.3. The summed E-state index contributed by atoms with van der Waals surface area (Å²) in [5, 5.41) is 14.6. The molecule has 7 heteroatoms. The molecule has 0 aromatic rings. The van der Waals surface area contributed by atoms with Crippen LogP contribution >= 0.6 is 0 Å². The Labute approximate surface area is 112 Å². The highest BCUT2D eigenvalue weighted by atomic mass is 16.4. The van der Waals surface area contributed by atoms with Gasteiger partial charge < -0.3 is 22.0 Å². The van der Waals surface area contributed by atoms with E-state index in [-0.39, 0.29) is 24.7 Å². The van der Waals surface area contributed by atoms with Crippen LogP contribution in [0.3, 0.4) is 0 Å². The number of amidine groups is 1. The van der Waals surface area contributed by atoms with E-state index < -0.39 is 11.3 Å². The molecule has 2 amide bonds. The summed E-state index contributed by atoms with van der Waals surface area (Å²) in [6.07, 6.45) is 5.00. The monoisotopic (exact) mass is 270 g/mol. The molecule has 1 fully saturated rings. The number of rotatable bonds is 5. The van der Waals surface area contributed by atoms with Crippen LogP contribution < -0.4 is 16.8 Å². The van der Waals surface area contributed by atoms with Gasteiger partial charge in [0.25, 0.3) is 0 Å². The van der Waals surface area contributed by atoms with Gasteiger partial charge in [0.1, 0.15) is 5.41 Å². The van der Waals surface area contributed by atoms with Crippen LogP contribution in [0.15, 0.2) is 5.16 Å². The Bertz CT molecular complexity index is 360. The molecule has 19 heavy (non-hydrogen) atoms. The second-order valence-corrected chi connectivity index (χ2v) is 4.95. The molecule has 0 aromatic carbocycles. The molecule has 1 rings (SSSR count). The smallest absolute Gasteiger partial charge is 0.233 e. The van der Waals surface area contributed by atoms with Crippen LogP contribution in [0.1, 0.15) is 44.9 Å². The number of oxime groups is 1. The third-order valence-electron chi connectivity index (χ3n) is 3.65. The Kier molecular flexibility index (Phi) is 5.59. The second kappa shape index (κ2) is 6.96. The first kappa shape index (κ1) is 15.3. The highest BCUT2D eigenvalue weighted by molar-refractivity contribution is 6.06. The SMILES string of the molecule is NC(=O)CCNC(=O)C1(C(N)=NO)CCCCCC1. The normalized spacial score (nSPS) is 19.5. The van der Waals surface area contributed by atoms with Crippen molar-refractivity contribution in [2.24, 2.45) is 22.0 Å². The lowest BCUT2D eigenvalue weighted by Gasteiger charge is -2.29. The lowest BCUT2D eigenvalue weighted by molar-refractivity contribution is -0.128. The number of nitrogens with two attached hydrogens (primary N) is 2. The van der Waals surface area contributed by atoms with Gasteiger partial charge in [0.2, 0.25) is 11.8 Å². The van der Waals surface area contributed by atoms with E-state index in [1.54, 1.807) is 0 Å². The molecule has 1 saturated carbocycles. The summed E-state index contributed by atoms with van der Waals surface area (Å²) < 4.78 is 0. The lowest BCUT2D eigenvalue weighted by atomic mass is 9.78. The fourth-order valence-corrected chi connectivity index (χ4v) is 2.50. The quantitative estimate of drug-likeness (QED) is 0.185. The molecule has 0 aromatic heterocycles. The van der Waals surface area contributed by atoms with E-state index in [0.717, 1.165) is 25.7 Å². The van der Waals surface area contributed by atoms with Gasteiger partial charge in [-0.25, -0.2) is 0 Å². The maximum atomic E-state index is 12.3. The summed E-state index contributed by atoms with van der Waals surface area (Å²) in [6.45, 7) is 0.175. The van der Waals surface area contributed by atoms with E-state index in [0.29, 0.717) is 12.8 Å². The zero-order valence-corrected chi connectivity index (χ0v) is 11.0. The second-order valence-electron chi connectivity index (χ2n) is 4.95. The van der Waals surface area contributed by atoms with Gasteiger partial charge in [0.05, 0.1) is 0 Å². The Hall–Kier alpha value is -1.79. The summed E-state index contributed by atoms with van der Waals surface area (Å²) in [5.41, 5.74) is 9.80. The van der Waals surface area contributed by atoms with Crippen molar-refractivity contribution in [2.45, 2.75) is 44.9 Å². The fourth-order valence-electron chi connectivity index (χ4n) is 2.50. The molecule has 0 spiro atoms. The van der Waals surface area contributed by atoms with Crippen molar-refractivity contribution < 1.29 is 14.8 Å². The molecule has 7 nitrogen and oxygen atoms in total. The topological polar surface area (TPSA) is 131 Å². The van der Waals surface area contributed by atoms with Crippen LogP contribution in [0.25, 0.3) is 0 Å². The summed E-state index contributed by atoms with van der Waals surface area (Å²) in [5.74, 6) is -0.809. The standard InChI is InChI=1S/C12H22N4O3/c13-9(17)5-8-15-11(18)12(10(14)16-19)6-3-1-2-4-7-12/h19H,1-8H2,(H2,13,17)(H2,14,16)(H,15,18). The first-order chi connectivity index (χ1) is 9.03. The van der Waals surface area contributed by atoms with Gasteiger partial charge in [-0.2, -0.15) is 0 Å². The van der Waals surface area contributed by atoms with E-state index in [4.69, 9.17) is 16.7 Å². The molecule has 0 heterocycles. The Balaban J connectivity index is 2.78. The molecule has 0 atom stereocenters. The van der Waals surface area contributed by atoms with Crippen LogP contribution in [0.5, 0.6) is 0 Å². The van der Waals surface area contributed by atoms with Gasteiger partial charge in [-0.3, -0.25) is 9.59 Å². The van der Waals surface area contributed by atoms with Crippen molar-refractivity contribution in [3.8, 4) is 0 Å². The average molecular weight is 270 g/mol. The largest absolute Gasteiger partial charge is 0.409 e. The number of amides is 2. The van der Waals surface area contributed by atoms with Crippen molar-refractivity contribution in [1.29, 1.82) is 0 Å². The first-order valence-electron chi connectivity index (χ1n) is 6.57. The van der Waals surface area contributed by atoms with Gasteiger partial charge in [-0.15, -0.1) is 0 Å². The Morgan fingerprint density at radius 3 is 2.21 bits per heavy atom. The van der Waals surface area contributed by atoms with Crippen molar-refractivity contribution >= 4 is 17.6 Å². The van der Waals surface area contributed by atoms with Gasteiger partial charge in [-0.1, -0.05) is 30.8 Å². The summed E-state index contributed by atoms with van der Waals surface area (Å²) in [7, 11) is 0. The zero-order valence-electron chi connectivity index (χ0n) is 11.0. The molecule has 0 saturated heterocycles. The highest BCUT2D eigenvalue weighted by Gasteiger charge is 2.42. The molecule has 1 aliphatic rings. The van der Waals surface area contributed by atoms with E-state index in [1.165, 1.54) is 0 Å². The molecule has 6 N–H and O–H groups in total. The number of carbonyl (C=O) groups excluding carboxylic acids is 2. The van der Waals surface area contributed by atoms with Gasteiger partial charge >= 0.3 is 0 Å². The number of carbonyl (C=O) groups is 2. The van der Waals surface area contributed by atoms with E-state index in [1.807, 2.05) is 0 Å². The fraction of sp³-hybridized carbons (Fsp3) is 0.750. The predicted octanol–water partition coefficient (Wildman–Crippen LogP) is 0.0650. The Morgan fingerprint density at radius 1 is 1.16 bits per heavy atom. The molecular formula is C12H22N4O3. The van der Waals surface area contributed by atoms with Crippen LogP contribution in [-0.2, 0) is 9.59 Å². The van der Waals surface area contributed by atoms with Crippen molar-refractivity contribution in [2.75, 3.05) is 6.54 Å². The van der Waals surface area contributed by atoms with Crippen LogP contribution in [-0.4, -0.2) is 29.4 Å². The molecule has 0 bridgehead atoms. The molecule has 0 radical (unpaired) electrons. The average Bonchev–Trinajstić information content (AvgIpc) is 2.63. The van der Waals surface area contributed by atoms with Gasteiger partial charge in [-0.05, 0) is 12.8 Å². The first-order valence-corrected chi connectivity index (χ1v) is 6.57. The minimum Gasteiger partial charge on any atom is -0.409 e. The minimum atomic E-state index is -0.955. The molecule has 0 unspecified atom stereocenters. The number of hydrogen-bond donors (Lipinski definition) is 4. The van der Waals surface area contributed by atoms with Crippen molar-refractivity contribution in [1.82, 2.24) is 5.32 Å². The zero-order chi connectivity index (χ0) is 14.3. The summed E-state index contributed by atoms with van der Waals surface area (Å²) in [6, 6.07) is 0. The number of nitrogens with zero attached hydrogens (tertiary/aromatic N) is 1. The molecule has 1 aliphatic carbocycles. The predicted molar refractivity (Wildman–Crippen MR) is 70.4 cm³/mol. The van der Waals surface area contributed by atoms with Crippen LogP contribution in [0, 0.1) is 5.41 Å².